The number of likely N-dealkylation sites (tertiary alicyclic amines) is 1. The van der Waals surface area contributed by atoms with Crippen molar-refractivity contribution in [2.75, 3.05) is 27.2 Å². The van der Waals surface area contributed by atoms with Gasteiger partial charge in [0.1, 0.15) is 5.75 Å². The highest BCUT2D eigenvalue weighted by Crippen LogP contribution is 2.29. The first-order valence-electron chi connectivity index (χ1n) is 7.08. The summed E-state index contributed by atoms with van der Waals surface area (Å²) in [6.07, 6.45) is 2.02. The number of ether oxygens (including phenoxy) is 1. The molecule has 106 valence electrons. The molecule has 0 spiro atoms. The number of hydrogen-bond acceptors (Lipinski definition) is 3. The van der Waals surface area contributed by atoms with E-state index in [9.17, 15) is 0 Å². The Labute approximate surface area is 116 Å². The van der Waals surface area contributed by atoms with Gasteiger partial charge in [0, 0.05) is 12.1 Å². The average molecular weight is 262 g/mol. The lowest BCUT2D eigenvalue weighted by Gasteiger charge is -2.24. The SMILES string of the molecule is COc1ccc(CC2(N)CCN(C)C2)cc1C(C)C. The van der Waals surface area contributed by atoms with Crippen molar-refractivity contribution in [3.05, 3.63) is 29.3 Å². The van der Waals surface area contributed by atoms with Crippen LogP contribution >= 0.6 is 0 Å². The van der Waals surface area contributed by atoms with Crippen LogP contribution in [0.4, 0.5) is 0 Å². The van der Waals surface area contributed by atoms with Gasteiger partial charge in [-0.2, -0.15) is 0 Å². The van der Waals surface area contributed by atoms with Crippen molar-refractivity contribution >= 4 is 0 Å². The van der Waals surface area contributed by atoms with Crippen molar-refractivity contribution in [3.63, 3.8) is 0 Å². The van der Waals surface area contributed by atoms with E-state index in [0.717, 1.165) is 31.7 Å². The van der Waals surface area contributed by atoms with Crippen molar-refractivity contribution in [2.45, 2.75) is 38.1 Å². The highest BCUT2D eigenvalue weighted by molar-refractivity contribution is 5.40. The predicted octanol–water partition coefficient (Wildman–Crippen LogP) is 2.39. The third kappa shape index (κ3) is 3.28. The second-order valence-electron chi connectivity index (χ2n) is 6.26. The van der Waals surface area contributed by atoms with Crippen LogP contribution in [0.1, 0.15) is 37.3 Å². The number of nitrogens with zero attached hydrogens (tertiary/aromatic N) is 1. The zero-order valence-electron chi connectivity index (χ0n) is 12.6. The predicted molar refractivity (Wildman–Crippen MR) is 79.8 cm³/mol. The van der Waals surface area contributed by atoms with Gasteiger partial charge in [-0.15, -0.1) is 0 Å². The monoisotopic (exact) mass is 262 g/mol. The summed E-state index contributed by atoms with van der Waals surface area (Å²) in [5, 5.41) is 0. The quantitative estimate of drug-likeness (QED) is 0.905. The van der Waals surface area contributed by atoms with Crippen LogP contribution in [-0.2, 0) is 6.42 Å². The molecular formula is C16H26N2O. The van der Waals surface area contributed by atoms with Gasteiger partial charge >= 0.3 is 0 Å². The Morgan fingerprint density at radius 2 is 2.16 bits per heavy atom. The Morgan fingerprint density at radius 3 is 2.68 bits per heavy atom. The summed E-state index contributed by atoms with van der Waals surface area (Å²) in [5.41, 5.74) is 9.03. The maximum atomic E-state index is 6.51. The minimum absolute atomic E-state index is 0.0718. The van der Waals surface area contributed by atoms with E-state index in [-0.39, 0.29) is 5.54 Å². The Bertz CT molecular complexity index is 444. The molecule has 0 saturated carbocycles. The third-order valence-corrected chi connectivity index (χ3v) is 4.05. The summed E-state index contributed by atoms with van der Waals surface area (Å²) in [5.74, 6) is 1.45. The molecule has 0 aromatic heterocycles. The lowest BCUT2D eigenvalue weighted by molar-refractivity contribution is 0.366. The molecule has 1 fully saturated rings. The van der Waals surface area contributed by atoms with Crippen LogP contribution < -0.4 is 10.5 Å². The lowest BCUT2D eigenvalue weighted by Crippen LogP contribution is -2.44. The molecule has 3 heteroatoms. The van der Waals surface area contributed by atoms with Crippen molar-refractivity contribution in [3.8, 4) is 5.75 Å². The molecule has 0 amide bonds. The number of rotatable bonds is 4. The van der Waals surface area contributed by atoms with Crippen molar-refractivity contribution < 1.29 is 4.74 Å². The zero-order valence-corrected chi connectivity index (χ0v) is 12.6. The molecule has 1 heterocycles. The van der Waals surface area contributed by atoms with Crippen LogP contribution in [0.2, 0.25) is 0 Å². The average Bonchev–Trinajstić information content (AvgIpc) is 2.68. The normalized spacial score (nSPS) is 24.1. The number of methoxy groups -OCH3 is 1. The molecule has 1 aliphatic heterocycles. The van der Waals surface area contributed by atoms with Gasteiger partial charge in [0.15, 0.2) is 0 Å². The van der Waals surface area contributed by atoms with Crippen LogP contribution in [-0.4, -0.2) is 37.7 Å². The van der Waals surface area contributed by atoms with E-state index in [4.69, 9.17) is 10.5 Å². The molecule has 1 atom stereocenters. The van der Waals surface area contributed by atoms with Gasteiger partial charge in [-0.25, -0.2) is 0 Å². The summed E-state index contributed by atoms with van der Waals surface area (Å²) in [7, 11) is 3.87. The second kappa shape index (κ2) is 5.51. The Hall–Kier alpha value is -1.06. The Balaban J connectivity index is 2.19. The van der Waals surface area contributed by atoms with Gasteiger partial charge in [0.2, 0.25) is 0 Å². The highest BCUT2D eigenvalue weighted by Gasteiger charge is 2.32. The van der Waals surface area contributed by atoms with E-state index in [1.165, 1.54) is 11.1 Å². The Morgan fingerprint density at radius 1 is 1.42 bits per heavy atom. The summed E-state index contributed by atoms with van der Waals surface area (Å²) in [6.45, 7) is 6.48. The van der Waals surface area contributed by atoms with Crippen molar-refractivity contribution in [1.29, 1.82) is 0 Å². The number of hydrogen-bond donors (Lipinski definition) is 1. The van der Waals surface area contributed by atoms with Gasteiger partial charge in [-0.05, 0) is 49.5 Å². The molecule has 1 aliphatic rings. The minimum atomic E-state index is -0.0718. The van der Waals surface area contributed by atoms with E-state index < -0.39 is 0 Å². The largest absolute Gasteiger partial charge is 0.496 e. The van der Waals surface area contributed by atoms with E-state index in [2.05, 4.69) is 44.0 Å². The van der Waals surface area contributed by atoms with Crippen LogP contribution in [0.3, 0.4) is 0 Å². The van der Waals surface area contributed by atoms with Gasteiger partial charge < -0.3 is 15.4 Å². The molecule has 1 unspecified atom stereocenters. The molecule has 2 rings (SSSR count). The van der Waals surface area contributed by atoms with Crippen LogP contribution in [0.15, 0.2) is 18.2 Å². The highest BCUT2D eigenvalue weighted by atomic mass is 16.5. The standard InChI is InChI=1S/C16H26N2O/c1-12(2)14-9-13(5-6-15(14)19-4)10-16(17)7-8-18(3)11-16/h5-6,9,12H,7-8,10-11,17H2,1-4H3. The fraction of sp³-hybridized carbons (Fsp3) is 0.625. The van der Waals surface area contributed by atoms with E-state index >= 15 is 0 Å². The van der Waals surface area contributed by atoms with Gasteiger partial charge in [0.25, 0.3) is 0 Å². The minimum Gasteiger partial charge on any atom is -0.496 e. The molecule has 3 nitrogen and oxygen atoms in total. The summed E-state index contributed by atoms with van der Waals surface area (Å²) >= 11 is 0. The summed E-state index contributed by atoms with van der Waals surface area (Å²) in [6, 6.07) is 6.49. The number of benzene rings is 1. The molecule has 0 bridgehead atoms. The van der Waals surface area contributed by atoms with E-state index in [0.29, 0.717) is 5.92 Å². The fourth-order valence-electron chi connectivity index (χ4n) is 3.00. The van der Waals surface area contributed by atoms with Crippen molar-refractivity contribution in [1.82, 2.24) is 4.90 Å². The van der Waals surface area contributed by atoms with Crippen LogP contribution in [0, 0.1) is 0 Å². The topological polar surface area (TPSA) is 38.5 Å². The lowest BCUT2D eigenvalue weighted by atomic mass is 9.89. The van der Waals surface area contributed by atoms with E-state index in [1.54, 1.807) is 7.11 Å². The Kier molecular flexibility index (Phi) is 4.16. The number of likely N-dealkylation sites (N-methyl/N-ethyl adjacent to an activating group) is 1. The first kappa shape index (κ1) is 14.4. The molecule has 1 aromatic carbocycles. The maximum Gasteiger partial charge on any atom is 0.122 e. The second-order valence-corrected chi connectivity index (χ2v) is 6.26. The molecule has 19 heavy (non-hydrogen) atoms. The summed E-state index contributed by atoms with van der Waals surface area (Å²) in [4.78, 5) is 2.31. The van der Waals surface area contributed by atoms with Gasteiger partial charge in [-0.1, -0.05) is 26.0 Å². The molecule has 2 N–H and O–H groups in total. The van der Waals surface area contributed by atoms with Crippen molar-refractivity contribution in [2.24, 2.45) is 5.73 Å². The molecule has 1 saturated heterocycles. The third-order valence-electron chi connectivity index (χ3n) is 4.05. The molecular weight excluding hydrogens is 236 g/mol. The van der Waals surface area contributed by atoms with Crippen LogP contribution in [0.5, 0.6) is 5.75 Å². The first-order chi connectivity index (χ1) is 8.93. The first-order valence-corrected chi connectivity index (χ1v) is 7.08. The fourth-order valence-corrected chi connectivity index (χ4v) is 3.00. The van der Waals surface area contributed by atoms with Crippen LogP contribution in [0.25, 0.3) is 0 Å². The molecule has 1 aromatic rings. The van der Waals surface area contributed by atoms with Gasteiger partial charge in [-0.3, -0.25) is 0 Å². The maximum absolute atomic E-state index is 6.51. The molecule has 0 radical (unpaired) electrons. The smallest absolute Gasteiger partial charge is 0.122 e. The van der Waals surface area contributed by atoms with E-state index in [1.807, 2.05) is 0 Å². The summed E-state index contributed by atoms with van der Waals surface area (Å²) < 4.78 is 5.43. The van der Waals surface area contributed by atoms with Gasteiger partial charge in [0.05, 0.1) is 7.11 Å². The molecule has 0 aliphatic carbocycles. The number of nitrogens with two attached hydrogens (primary N) is 1. The zero-order chi connectivity index (χ0) is 14.0.